The summed E-state index contributed by atoms with van der Waals surface area (Å²) in [5.74, 6) is -3.75. The Morgan fingerprint density at radius 2 is 1.69 bits per heavy atom. The lowest BCUT2D eigenvalue weighted by molar-refractivity contribution is -0.147. The van der Waals surface area contributed by atoms with Gasteiger partial charge in [0.2, 0.25) is 11.8 Å². The smallest absolute Gasteiger partial charge is 0.408 e. The Kier molecular flexibility index (Phi) is 14.4. The number of nitrogens with one attached hydrogen (secondary N) is 2. The molecule has 1 saturated heterocycles. The second-order valence-electron chi connectivity index (χ2n) is 17.2. The third-order valence-corrected chi connectivity index (χ3v) is 12.5. The third-order valence-electron chi connectivity index (χ3n) is 10.8. The number of aromatic nitrogens is 1. The molecule has 3 aromatic carbocycles. The van der Waals surface area contributed by atoms with Crippen molar-refractivity contribution in [1.82, 2.24) is 29.7 Å². The highest BCUT2D eigenvalue weighted by atomic mass is 32.2. The summed E-state index contributed by atoms with van der Waals surface area (Å²) < 4.78 is 46.8. The fraction of sp³-hybridized carbons (Fsp3) is 0.362. The van der Waals surface area contributed by atoms with Gasteiger partial charge in [-0.2, -0.15) is 4.31 Å². The number of ether oxygens (including phenoxy) is 3. The molecule has 2 heterocycles. The number of hydrogen-bond acceptors (Lipinski definition) is 13. The van der Waals surface area contributed by atoms with E-state index < -0.39 is 81.5 Å². The van der Waals surface area contributed by atoms with Gasteiger partial charge in [0.25, 0.3) is 21.8 Å². The van der Waals surface area contributed by atoms with Crippen LogP contribution < -0.4 is 25.8 Å². The predicted molar refractivity (Wildman–Crippen MR) is 243 cm³/mol. The average molecular weight is 910 g/mol. The van der Waals surface area contributed by atoms with E-state index in [1.165, 1.54) is 43.5 Å². The van der Waals surface area contributed by atoms with Crippen molar-refractivity contribution in [2.24, 2.45) is 11.7 Å². The normalized spacial score (nSPS) is 19.9. The van der Waals surface area contributed by atoms with Crippen LogP contribution in [0.25, 0.3) is 22.2 Å². The number of pyridine rings is 1. The van der Waals surface area contributed by atoms with E-state index in [1.807, 2.05) is 49.3 Å². The summed E-state index contributed by atoms with van der Waals surface area (Å²) in [5.41, 5.74) is 5.52. The summed E-state index contributed by atoms with van der Waals surface area (Å²) in [6.07, 6.45) is 1.98. The SMILES string of the molecule is C=C[C@@H]1C[C@]1(N)C(=O)N(C(=O)[C@@H]1CC(Oc2cc(-c3ccccc3)nc3cc(OC)ccc23)CN1C(=O)[C@H](CNC(=O)C=CCN(C)C)NC(=O)OC(C)(C)C)S(=O)(=O)c1ccccc1. The van der Waals surface area contributed by atoms with Gasteiger partial charge >= 0.3 is 6.09 Å². The second-order valence-corrected chi connectivity index (χ2v) is 18.9. The lowest BCUT2D eigenvalue weighted by Crippen LogP contribution is -2.60. The highest BCUT2D eigenvalue weighted by Gasteiger charge is 2.61. The highest BCUT2D eigenvalue weighted by molar-refractivity contribution is 7.90. The van der Waals surface area contributed by atoms with Crippen LogP contribution in [-0.4, -0.2) is 127 Å². The molecule has 1 aromatic heterocycles. The van der Waals surface area contributed by atoms with E-state index in [1.54, 1.807) is 57.2 Å². The van der Waals surface area contributed by atoms with Crippen molar-refractivity contribution in [3.63, 3.8) is 0 Å². The number of hydrogen-bond donors (Lipinski definition) is 3. The Hall–Kier alpha value is -6.63. The van der Waals surface area contributed by atoms with E-state index in [-0.39, 0.29) is 28.6 Å². The maximum absolute atomic E-state index is 15.2. The standard InChI is InChI=1S/C47H55N7O10S/c1-8-31-27-47(31,48)44(58)54(65(60,61)34-18-13-10-14-19-34)43(57)39-25-33(63-40-26-36(30-16-11-9-12-17-30)50-37-24-32(62-7)21-22-35(37)40)29-53(39)42(56)38(51-45(59)64-46(2,3)4)28-49-41(55)20-15-23-52(5)6/h8-22,24,26,31,33,38-39H,1,23,25,27-29,48H2,2-7H3,(H,49,55)(H,51,59)/t31-,33?,38+,39+,47-/m1/s1. The number of carbonyl (C=O) groups is 5. The molecule has 5 amide bonds. The number of benzene rings is 3. The van der Waals surface area contributed by atoms with E-state index in [9.17, 15) is 27.6 Å². The zero-order chi connectivity index (χ0) is 47.3. The van der Waals surface area contributed by atoms with Gasteiger partial charge in [-0.25, -0.2) is 18.2 Å². The van der Waals surface area contributed by atoms with Crippen LogP contribution in [-0.2, 0) is 33.9 Å². The van der Waals surface area contributed by atoms with Crippen molar-refractivity contribution >= 4 is 50.6 Å². The number of likely N-dealkylation sites (tertiary alicyclic amines) is 1. The van der Waals surface area contributed by atoms with Crippen molar-refractivity contribution in [3.05, 3.63) is 110 Å². The number of likely N-dealkylation sites (N-methyl/N-ethyl adjacent to an activating group) is 1. The maximum Gasteiger partial charge on any atom is 0.408 e. The molecular formula is C47H55N7O10S. The van der Waals surface area contributed by atoms with Gasteiger partial charge in [-0.05, 0) is 65.6 Å². The Morgan fingerprint density at radius 1 is 1.02 bits per heavy atom. The molecule has 344 valence electrons. The van der Waals surface area contributed by atoms with Crippen LogP contribution in [0.2, 0.25) is 0 Å². The average Bonchev–Trinajstić information content (AvgIpc) is 3.78. The van der Waals surface area contributed by atoms with Crippen LogP contribution in [0.5, 0.6) is 11.5 Å². The Bertz CT molecular complexity index is 2580. The Balaban J connectivity index is 1.44. The lowest BCUT2D eigenvalue weighted by Gasteiger charge is -2.32. The second kappa shape index (κ2) is 19.6. The van der Waals surface area contributed by atoms with Gasteiger partial charge < -0.3 is 40.4 Å². The van der Waals surface area contributed by atoms with Crippen LogP contribution in [0.3, 0.4) is 0 Å². The fourth-order valence-corrected chi connectivity index (χ4v) is 8.83. The number of nitrogens with zero attached hydrogens (tertiary/aromatic N) is 4. The van der Waals surface area contributed by atoms with Gasteiger partial charge in [0.1, 0.15) is 40.8 Å². The van der Waals surface area contributed by atoms with Crippen LogP contribution in [0.15, 0.2) is 115 Å². The summed E-state index contributed by atoms with van der Waals surface area (Å²) in [5, 5.41) is 5.70. The number of alkyl carbamates (subject to hydrolysis) is 1. The minimum atomic E-state index is -4.94. The third kappa shape index (κ3) is 11.2. The first-order valence-electron chi connectivity index (χ1n) is 21.0. The van der Waals surface area contributed by atoms with Crippen molar-refractivity contribution in [2.45, 2.75) is 67.8 Å². The van der Waals surface area contributed by atoms with Crippen LogP contribution in [0, 0.1) is 5.92 Å². The molecule has 0 spiro atoms. The molecule has 2 fully saturated rings. The minimum Gasteiger partial charge on any atom is -0.497 e. The molecule has 0 bridgehead atoms. The van der Waals surface area contributed by atoms with Crippen molar-refractivity contribution < 1.29 is 46.6 Å². The Labute approximate surface area is 378 Å². The molecule has 0 radical (unpaired) electrons. The van der Waals surface area contributed by atoms with E-state index in [0.29, 0.717) is 34.6 Å². The fourth-order valence-electron chi connectivity index (χ4n) is 7.37. The molecular weight excluding hydrogens is 855 g/mol. The quantitative estimate of drug-likeness (QED) is 0.0823. The Morgan fingerprint density at radius 3 is 2.31 bits per heavy atom. The monoisotopic (exact) mass is 909 g/mol. The van der Waals surface area contributed by atoms with Gasteiger partial charge in [-0.1, -0.05) is 60.7 Å². The van der Waals surface area contributed by atoms with E-state index in [0.717, 1.165) is 10.5 Å². The number of carbonyl (C=O) groups excluding carboxylic acids is 5. The van der Waals surface area contributed by atoms with E-state index in [4.69, 9.17) is 24.9 Å². The number of imide groups is 1. The number of rotatable bonds is 16. The molecule has 4 N–H and O–H groups in total. The van der Waals surface area contributed by atoms with Crippen LogP contribution in [0.4, 0.5) is 4.79 Å². The number of methoxy groups -OCH3 is 1. The maximum atomic E-state index is 15.2. The number of amides is 5. The van der Waals surface area contributed by atoms with E-state index >= 15 is 4.79 Å². The van der Waals surface area contributed by atoms with Gasteiger partial charge in [-0.3, -0.25) is 19.2 Å². The van der Waals surface area contributed by atoms with Crippen molar-refractivity contribution in [2.75, 3.05) is 40.8 Å². The molecule has 1 aliphatic carbocycles. The lowest BCUT2D eigenvalue weighted by atomic mass is 10.1. The minimum absolute atomic E-state index is 0.0245. The summed E-state index contributed by atoms with van der Waals surface area (Å²) in [6, 6.07) is 19.9. The molecule has 18 heteroatoms. The summed E-state index contributed by atoms with van der Waals surface area (Å²) in [7, 11) is 0.220. The molecule has 1 aliphatic heterocycles. The molecule has 6 rings (SSSR count). The topological polar surface area (TPSA) is 220 Å². The van der Waals surface area contributed by atoms with Crippen LogP contribution in [0.1, 0.15) is 33.6 Å². The van der Waals surface area contributed by atoms with Gasteiger partial charge in [-0.15, -0.1) is 6.58 Å². The van der Waals surface area contributed by atoms with Crippen molar-refractivity contribution in [1.29, 1.82) is 0 Å². The molecule has 65 heavy (non-hydrogen) atoms. The van der Waals surface area contributed by atoms with Gasteiger partial charge in [0, 0.05) is 54.6 Å². The first-order valence-corrected chi connectivity index (χ1v) is 22.4. The molecule has 17 nitrogen and oxygen atoms in total. The summed E-state index contributed by atoms with van der Waals surface area (Å²) in [4.78, 5) is 78.2. The predicted octanol–water partition coefficient (Wildman–Crippen LogP) is 4.03. The largest absolute Gasteiger partial charge is 0.497 e. The number of sulfonamides is 1. The highest BCUT2D eigenvalue weighted by Crippen LogP contribution is 2.45. The summed E-state index contributed by atoms with van der Waals surface area (Å²) in [6.45, 7) is 8.22. The van der Waals surface area contributed by atoms with E-state index in [2.05, 4.69) is 17.2 Å². The first-order chi connectivity index (χ1) is 30.7. The first kappa shape index (κ1) is 47.8. The van der Waals surface area contributed by atoms with Gasteiger partial charge in [0.15, 0.2) is 0 Å². The van der Waals surface area contributed by atoms with Gasteiger partial charge in [0.05, 0.1) is 29.8 Å². The molecule has 1 unspecified atom stereocenters. The molecule has 2 aliphatic rings. The van der Waals surface area contributed by atoms with Crippen molar-refractivity contribution in [3.8, 4) is 22.8 Å². The molecule has 1 saturated carbocycles. The zero-order valence-electron chi connectivity index (χ0n) is 37.2. The number of fused-ring (bicyclic) bond motifs is 1. The van der Waals surface area contributed by atoms with Crippen LogP contribution >= 0.6 is 0 Å². The molecule has 4 aromatic rings. The summed E-state index contributed by atoms with van der Waals surface area (Å²) >= 11 is 0. The zero-order valence-corrected chi connectivity index (χ0v) is 38.0. The molecule has 5 atom stereocenters. The number of nitrogens with two attached hydrogens (primary N) is 1.